The number of β-amino-alcohol motifs (C(OH)–C–C–N with tert-alkyl or cyclic N) is 1. The summed E-state index contributed by atoms with van der Waals surface area (Å²) in [7, 11) is 1.36. The van der Waals surface area contributed by atoms with Crippen molar-refractivity contribution in [3.8, 4) is 28.0 Å². The number of aryl methyl sites for hydroxylation is 2. The quantitative estimate of drug-likeness (QED) is 0.0381. The number of benzene rings is 4. The minimum absolute atomic E-state index is 0.0194. The molecule has 0 radical (unpaired) electrons. The molecule has 1 spiro atoms. The summed E-state index contributed by atoms with van der Waals surface area (Å²) in [5.41, 5.74) is 8.88. The number of rotatable bonds is 17. The first kappa shape index (κ1) is 60.2. The zero-order valence-corrected chi connectivity index (χ0v) is 51.9. The van der Waals surface area contributed by atoms with Crippen molar-refractivity contribution in [3.05, 3.63) is 141 Å². The number of aliphatic hydroxyl groups is 1. The number of hydrogen-bond acceptors (Lipinski definition) is 16. The Morgan fingerprint density at radius 2 is 1.66 bits per heavy atom. The van der Waals surface area contributed by atoms with Crippen molar-refractivity contribution in [1.82, 2.24) is 35.4 Å². The molecule has 4 amide bonds. The summed E-state index contributed by atoms with van der Waals surface area (Å²) in [6, 6.07) is 27.3. The van der Waals surface area contributed by atoms with Gasteiger partial charge in [0.25, 0.3) is 5.91 Å². The lowest BCUT2D eigenvalue weighted by Crippen LogP contribution is -2.60. The van der Waals surface area contributed by atoms with Gasteiger partial charge in [0.2, 0.25) is 17.7 Å². The van der Waals surface area contributed by atoms with Crippen molar-refractivity contribution < 1.29 is 38.6 Å². The molecule has 0 bridgehead atoms. The highest BCUT2D eigenvalue weighted by Gasteiger charge is 2.50. The van der Waals surface area contributed by atoms with Crippen LogP contribution in [0.5, 0.6) is 5.75 Å². The molecule has 3 aliphatic heterocycles. The fourth-order valence-corrected chi connectivity index (χ4v) is 15.1. The average Bonchev–Trinajstić information content (AvgIpc) is 1.22. The van der Waals surface area contributed by atoms with Gasteiger partial charge in [-0.15, -0.1) is 22.7 Å². The zero-order valence-electron chi connectivity index (χ0n) is 49.4. The predicted octanol–water partition coefficient (Wildman–Crippen LogP) is 10.0. The molecule has 17 nitrogen and oxygen atoms in total. The number of para-hydroxylation sites is 1. The normalized spacial score (nSPS) is 18.3. The summed E-state index contributed by atoms with van der Waals surface area (Å²) in [5.74, 6) is 5.66. The lowest BCUT2D eigenvalue weighted by molar-refractivity contribution is -0.147. The summed E-state index contributed by atoms with van der Waals surface area (Å²) < 4.78 is 12.3. The number of esters is 1. The molecule has 2 saturated heterocycles. The number of ether oxygens (including phenoxy) is 2. The largest absolute Gasteiger partial charge is 0.494 e. The highest BCUT2D eigenvalue weighted by molar-refractivity contribution is 7.22. The van der Waals surface area contributed by atoms with Crippen LogP contribution in [0.3, 0.4) is 0 Å². The fourth-order valence-electron chi connectivity index (χ4n) is 12.3. The van der Waals surface area contributed by atoms with Crippen molar-refractivity contribution in [2.45, 2.75) is 117 Å². The van der Waals surface area contributed by atoms with Crippen LogP contribution in [0.1, 0.15) is 126 Å². The van der Waals surface area contributed by atoms with E-state index in [1.165, 1.54) is 34.7 Å². The summed E-state index contributed by atoms with van der Waals surface area (Å²) >= 11 is 4.50. The number of carbonyl (C=O) groups excluding carboxylic acids is 5. The van der Waals surface area contributed by atoms with Crippen LogP contribution in [0.15, 0.2) is 96.5 Å². The van der Waals surface area contributed by atoms with Crippen LogP contribution in [-0.2, 0) is 38.5 Å². The highest BCUT2D eigenvalue weighted by Crippen LogP contribution is 2.53. The van der Waals surface area contributed by atoms with E-state index in [1.807, 2.05) is 125 Å². The first-order valence-electron chi connectivity index (χ1n) is 29.6. The smallest absolute Gasteiger partial charge is 0.357 e. The van der Waals surface area contributed by atoms with E-state index < -0.39 is 29.6 Å². The summed E-state index contributed by atoms with van der Waals surface area (Å²) in [6.07, 6.45) is 4.69. The van der Waals surface area contributed by atoms with Crippen LogP contribution in [0, 0.1) is 35.5 Å². The number of anilines is 2. The number of hydrogen-bond donors (Lipinski definition) is 4. The molecule has 20 heteroatoms. The minimum atomic E-state index is -0.876. The number of amides is 4. The van der Waals surface area contributed by atoms with Crippen LogP contribution in [0.4, 0.5) is 10.3 Å². The number of nitrogens with zero attached hydrogens (tertiary/aromatic N) is 6. The molecule has 4 N–H and O–H groups in total. The summed E-state index contributed by atoms with van der Waals surface area (Å²) in [6.45, 7) is 13.7. The van der Waals surface area contributed by atoms with Crippen LogP contribution in [0.25, 0.3) is 20.7 Å². The Bertz CT molecular complexity index is 3660. The number of methoxy groups -OCH3 is 1. The number of fused-ring (bicyclic) bond motifs is 2. The molecule has 4 aliphatic rings. The Kier molecular flexibility index (Phi) is 18.1. The number of carbonyl (C=O) groups is 5. The van der Waals surface area contributed by atoms with Gasteiger partial charge in [-0.1, -0.05) is 92.5 Å². The Morgan fingerprint density at radius 1 is 0.895 bits per heavy atom. The number of nitrogens with one attached hydrogen (secondary N) is 3. The lowest BCUT2D eigenvalue weighted by atomic mass is 9.57. The maximum absolute atomic E-state index is 14.4. The number of aromatic nitrogens is 3. The van der Waals surface area contributed by atoms with E-state index in [9.17, 15) is 29.1 Å². The molecular weight excluding hydrogens is 1140 g/mol. The third kappa shape index (κ3) is 13.5. The Labute approximate surface area is 513 Å². The molecule has 448 valence electrons. The number of aliphatic hydroxyl groups excluding tert-OH is 1. The second kappa shape index (κ2) is 25.8. The van der Waals surface area contributed by atoms with E-state index >= 15 is 0 Å². The molecule has 11 rings (SSSR count). The molecule has 4 aromatic carbocycles. The Balaban J connectivity index is 0.610. The first-order chi connectivity index (χ1) is 41.4. The third-order valence-corrected chi connectivity index (χ3v) is 20.4. The van der Waals surface area contributed by atoms with E-state index in [2.05, 4.69) is 53.6 Å². The van der Waals surface area contributed by atoms with E-state index in [4.69, 9.17) is 14.5 Å². The molecule has 1 saturated carbocycles. The van der Waals surface area contributed by atoms with Crippen LogP contribution >= 0.6 is 34.0 Å². The maximum atomic E-state index is 14.4. The van der Waals surface area contributed by atoms with E-state index in [1.54, 1.807) is 11.3 Å². The van der Waals surface area contributed by atoms with Crippen LogP contribution < -0.4 is 25.6 Å². The van der Waals surface area contributed by atoms with Gasteiger partial charge in [0.15, 0.2) is 16.0 Å². The minimum Gasteiger partial charge on any atom is -0.494 e. The van der Waals surface area contributed by atoms with Gasteiger partial charge >= 0.3 is 5.97 Å². The average molecular weight is 1220 g/mol. The van der Waals surface area contributed by atoms with Crippen molar-refractivity contribution in [1.29, 1.82) is 0 Å². The standard InChI is InChI=1S/C66H73N9O8S3/c1-40(43-20-22-45(23-21-43)56-41(2)67-39-84-56)68-60(79)52-34-47(76)37-75(52)61(80)57(65(3,4)5)71-58(77)46-35-66(36-46)27-31-73(32-28-66)29-10-12-42-18-24-48(25-19-42)83-33-11-17-54-55(62(81)82-6)70-64(86-54)74-30-26-44-13-9-14-49(50(44)38-74)59(78)72-63-69-51-15-7-8-16-53(51)85-63/h7-9,13-16,18-25,39-40,46-47,52,57,76H,11,17,26-38H2,1-6H3,(H,68,79)(H,71,77)(H,69,72,78)/t40-,47+,52-,57+/m0/s1. The fraction of sp³-hybridized carbons (Fsp3) is 0.424. The summed E-state index contributed by atoms with van der Waals surface area (Å²) in [5, 5.41) is 21.3. The van der Waals surface area contributed by atoms with Gasteiger partial charge in [-0.25, -0.2) is 19.7 Å². The number of thiazole rings is 3. The van der Waals surface area contributed by atoms with Gasteiger partial charge in [0.1, 0.15) is 17.8 Å². The molecule has 3 aromatic heterocycles. The summed E-state index contributed by atoms with van der Waals surface area (Å²) in [4.78, 5) is 90.4. The van der Waals surface area contributed by atoms with Crippen molar-refractivity contribution in [2.24, 2.45) is 16.7 Å². The molecule has 1 aliphatic carbocycles. The molecule has 4 atom stereocenters. The molecule has 7 aromatic rings. The van der Waals surface area contributed by atoms with Gasteiger partial charge in [-0.05, 0) is 147 Å². The predicted molar refractivity (Wildman–Crippen MR) is 337 cm³/mol. The van der Waals surface area contributed by atoms with Gasteiger partial charge in [-0.2, -0.15) is 0 Å². The number of likely N-dealkylation sites (tertiary alicyclic amines) is 2. The van der Waals surface area contributed by atoms with E-state index in [0.717, 1.165) is 104 Å². The maximum Gasteiger partial charge on any atom is 0.357 e. The van der Waals surface area contributed by atoms with Crippen molar-refractivity contribution in [3.63, 3.8) is 0 Å². The molecule has 3 fully saturated rings. The van der Waals surface area contributed by atoms with Crippen molar-refractivity contribution >= 4 is 84.1 Å². The molecule has 86 heavy (non-hydrogen) atoms. The zero-order chi connectivity index (χ0) is 60.3. The van der Waals surface area contributed by atoms with Gasteiger partial charge in [-0.3, -0.25) is 29.4 Å². The van der Waals surface area contributed by atoms with Crippen LogP contribution in [0.2, 0.25) is 0 Å². The molecular formula is C66H73N9O8S3. The van der Waals surface area contributed by atoms with Gasteiger partial charge < -0.3 is 35.0 Å². The third-order valence-electron chi connectivity index (χ3n) is 17.3. The molecule has 0 unspecified atom stereocenters. The first-order valence-corrected chi connectivity index (χ1v) is 32.1. The number of piperidine rings is 1. The monoisotopic (exact) mass is 1220 g/mol. The van der Waals surface area contributed by atoms with E-state index in [-0.39, 0.29) is 54.0 Å². The second-order valence-electron chi connectivity index (χ2n) is 24.3. The van der Waals surface area contributed by atoms with Gasteiger partial charge in [0, 0.05) is 48.0 Å². The van der Waals surface area contributed by atoms with E-state index in [0.29, 0.717) is 60.6 Å². The van der Waals surface area contributed by atoms with Crippen molar-refractivity contribution in [2.75, 3.05) is 56.7 Å². The van der Waals surface area contributed by atoms with Gasteiger partial charge in [0.05, 0.1) is 58.7 Å². The Hall–Kier alpha value is -7.54. The van der Waals surface area contributed by atoms with Crippen LogP contribution in [-0.4, -0.2) is 124 Å². The highest BCUT2D eigenvalue weighted by atomic mass is 32.1. The topological polar surface area (TPSA) is 209 Å². The lowest BCUT2D eigenvalue weighted by Gasteiger charge is -2.51. The second-order valence-corrected chi connectivity index (χ2v) is 27.2. The Morgan fingerprint density at radius 3 is 2.38 bits per heavy atom. The molecule has 6 heterocycles. The SMILES string of the molecule is COC(=O)c1nc(N2CCc3cccc(C(=O)Nc4nc5ccccc5s4)c3C2)sc1CCCOc1ccc(C#CCN2CCC3(CC2)CC(C(=O)N[C@H](C(=O)N2C[C@H](O)C[C@H]2C(=O)N[C@@H](C)c2ccc(-c4scnc4C)cc2)C(C)(C)C)C3)cc1.